The number of rotatable bonds is 5. The van der Waals surface area contributed by atoms with Crippen LogP contribution in [0.3, 0.4) is 0 Å². The Labute approximate surface area is 163 Å². The van der Waals surface area contributed by atoms with Crippen LogP contribution in [0.15, 0.2) is 58.4 Å². The number of esters is 1. The summed E-state index contributed by atoms with van der Waals surface area (Å²) in [6.07, 6.45) is 0. The molecule has 0 fully saturated rings. The quantitative estimate of drug-likeness (QED) is 0.596. The van der Waals surface area contributed by atoms with Crippen molar-refractivity contribution >= 4 is 44.3 Å². The Kier molecular flexibility index (Phi) is 5.80. The first-order chi connectivity index (χ1) is 12.5. The van der Waals surface area contributed by atoms with Gasteiger partial charge in [-0.2, -0.15) is 0 Å². The molecule has 1 heterocycles. The SMILES string of the molecule is Cc1ccccc1C(=O)OCC(=O)Nc1nc(-c2cccc(Br)c2)cs1. The number of amides is 1. The molecule has 2 aromatic carbocycles. The number of carbonyl (C=O) groups is 2. The number of hydrogen-bond donors (Lipinski definition) is 1. The van der Waals surface area contributed by atoms with E-state index in [9.17, 15) is 9.59 Å². The average molecular weight is 431 g/mol. The van der Waals surface area contributed by atoms with Gasteiger partial charge in [-0.15, -0.1) is 11.3 Å². The van der Waals surface area contributed by atoms with E-state index in [1.165, 1.54) is 11.3 Å². The van der Waals surface area contributed by atoms with Crippen LogP contribution in [0.2, 0.25) is 0 Å². The Morgan fingerprint density at radius 3 is 2.77 bits per heavy atom. The standard InChI is InChI=1S/C19H15BrN2O3S/c1-12-5-2-3-8-15(12)18(24)25-10-17(23)22-19-21-16(11-26-19)13-6-4-7-14(20)9-13/h2-9,11H,10H2,1H3,(H,21,22,23). The van der Waals surface area contributed by atoms with Crippen LogP contribution in [-0.4, -0.2) is 23.5 Å². The number of carbonyl (C=O) groups excluding carboxylic acids is 2. The second-order valence-electron chi connectivity index (χ2n) is 5.49. The van der Waals surface area contributed by atoms with Crippen LogP contribution >= 0.6 is 27.3 Å². The molecular formula is C19H15BrN2O3S. The molecule has 0 saturated heterocycles. The molecule has 0 aliphatic rings. The van der Waals surface area contributed by atoms with Crippen LogP contribution in [0.4, 0.5) is 5.13 Å². The lowest BCUT2D eigenvalue weighted by Crippen LogP contribution is -2.21. The fourth-order valence-electron chi connectivity index (χ4n) is 2.28. The largest absolute Gasteiger partial charge is 0.452 e. The summed E-state index contributed by atoms with van der Waals surface area (Å²) in [7, 11) is 0. The number of hydrogen-bond acceptors (Lipinski definition) is 5. The first-order valence-electron chi connectivity index (χ1n) is 7.77. The van der Waals surface area contributed by atoms with Gasteiger partial charge >= 0.3 is 5.97 Å². The zero-order chi connectivity index (χ0) is 18.5. The molecule has 0 aliphatic heterocycles. The lowest BCUT2D eigenvalue weighted by Gasteiger charge is -2.06. The van der Waals surface area contributed by atoms with E-state index in [0.717, 1.165) is 21.3 Å². The highest BCUT2D eigenvalue weighted by Crippen LogP contribution is 2.26. The lowest BCUT2D eigenvalue weighted by atomic mass is 10.1. The van der Waals surface area contributed by atoms with Crippen molar-refractivity contribution in [2.45, 2.75) is 6.92 Å². The van der Waals surface area contributed by atoms with Crippen molar-refractivity contribution in [3.8, 4) is 11.3 Å². The molecule has 1 amide bonds. The van der Waals surface area contributed by atoms with Crippen molar-refractivity contribution in [1.29, 1.82) is 0 Å². The number of anilines is 1. The minimum Gasteiger partial charge on any atom is -0.452 e. The average Bonchev–Trinajstić information content (AvgIpc) is 3.08. The molecule has 0 bridgehead atoms. The molecule has 132 valence electrons. The highest BCUT2D eigenvalue weighted by molar-refractivity contribution is 9.10. The Morgan fingerprint density at radius 2 is 2.00 bits per heavy atom. The van der Waals surface area contributed by atoms with Gasteiger partial charge in [0.25, 0.3) is 5.91 Å². The molecule has 0 atom stereocenters. The van der Waals surface area contributed by atoms with Crippen LogP contribution < -0.4 is 5.32 Å². The molecule has 0 radical (unpaired) electrons. The van der Waals surface area contributed by atoms with E-state index in [1.54, 1.807) is 12.1 Å². The molecule has 0 saturated carbocycles. The summed E-state index contributed by atoms with van der Waals surface area (Å²) >= 11 is 4.74. The first-order valence-corrected chi connectivity index (χ1v) is 9.44. The highest BCUT2D eigenvalue weighted by atomic mass is 79.9. The van der Waals surface area contributed by atoms with Crippen molar-refractivity contribution in [2.24, 2.45) is 0 Å². The predicted molar refractivity (Wildman–Crippen MR) is 105 cm³/mol. The van der Waals surface area contributed by atoms with Gasteiger partial charge in [-0.25, -0.2) is 9.78 Å². The van der Waals surface area contributed by atoms with Crippen molar-refractivity contribution in [3.63, 3.8) is 0 Å². The number of aromatic nitrogens is 1. The maximum Gasteiger partial charge on any atom is 0.338 e. The van der Waals surface area contributed by atoms with E-state index in [0.29, 0.717) is 10.7 Å². The molecular weight excluding hydrogens is 416 g/mol. The summed E-state index contributed by atoms with van der Waals surface area (Å²) in [6.45, 7) is 1.45. The number of thiazole rings is 1. The Morgan fingerprint density at radius 1 is 1.19 bits per heavy atom. The Balaban J connectivity index is 1.57. The second kappa shape index (κ2) is 8.25. The molecule has 5 nitrogen and oxygen atoms in total. The molecule has 3 aromatic rings. The molecule has 3 rings (SSSR count). The fraction of sp³-hybridized carbons (Fsp3) is 0.105. The smallest absolute Gasteiger partial charge is 0.338 e. The van der Waals surface area contributed by atoms with Crippen molar-refractivity contribution in [2.75, 3.05) is 11.9 Å². The third-order valence-corrected chi connectivity index (χ3v) is 4.82. The summed E-state index contributed by atoms with van der Waals surface area (Å²) in [6, 6.07) is 14.8. The first kappa shape index (κ1) is 18.3. The molecule has 0 spiro atoms. The van der Waals surface area contributed by atoms with E-state index >= 15 is 0 Å². The lowest BCUT2D eigenvalue weighted by molar-refractivity contribution is -0.119. The summed E-state index contributed by atoms with van der Waals surface area (Å²) in [5, 5.41) is 4.96. The Bertz CT molecular complexity index is 955. The van der Waals surface area contributed by atoms with Crippen LogP contribution in [0, 0.1) is 6.92 Å². The molecule has 1 N–H and O–H groups in total. The van der Waals surface area contributed by atoms with Gasteiger partial charge in [-0.05, 0) is 30.7 Å². The number of nitrogens with one attached hydrogen (secondary N) is 1. The highest BCUT2D eigenvalue weighted by Gasteiger charge is 2.13. The van der Waals surface area contributed by atoms with Gasteiger partial charge in [0.15, 0.2) is 11.7 Å². The van der Waals surface area contributed by atoms with Gasteiger partial charge in [-0.3, -0.25) is 10.1 Å². The summed E-state index contributed by atoms with van der Waals surface area (Å²) in [5.74, 6) is -0.950. The maximum absolute atomic E-state index is 12.0. The van der Waals surface area contributed by atoms with E-state index in [4.69, 9.17) is 4.74 Å². The fourth-order valence-corrected chi connectivity index (χ4v) is 3.41. The number of halogens is 1. The monoisotopic (exact) mass is 430 g/mol. The van der Waals surface area contributed by atoms with Crippen molar-refractivity contribution < 1.29 is 14.3 Å². The van der Waals surface area contributed by atoms with E-state index in [2.05, 4.69) is 26.2 Å². The summed E-state index contributed by atoms with van der Waals surface area (Å²) in [5.41, 5.74) is 2.97. The predicted octanol–water partition coefficient (Wildman–Crippen LogP) is 4.68. The van der Waals surface area contributed by atoms with Crippen molar-refractivity contribution in [3.05, 3.63) is 69.5 Å². The summed E-state index contributed by atoms with van der Waals surface area (Å²) in [4.78, 5) is 28.4. The minimum absolute atomic E-state index is 0.362. The molecule has 1 aromatic heterocycles. The van der Waals surface area contributed by atoms with Gasteiger partial charge in [0.05, 0.1) is 11.3 Å². The van der Waals surface area contributed by atoms with Gasteiger partial charge < -0.3 is 4.74 Å². The second-order valence-corrected chi connectivity index (χ2v) is 7.26. The molecule has 0 aliphatic carbocycles. The third-order valence-electron chi connectivity index (χ3n) is 3.57. The zero-order valence-electron chi connectivity index (χ0n) is 13.9. The number of nitrogens with zero attached hydrogens (tertiary/aromatic N) is 1. The number of benzene rings is 2. The van der Waals surface area contributed by atoms with E-state index < -0.39 is 11.9 Å². The number of ether oxygens (including phenoxy) is 1. The van der Waals surface area contributed by atoms with Gasteiger partial charge in [0.2, 0.25) is 0 Å². The van der Waals surface area contributed by atoms with E-state index in [1.807, 2.05) is 48.7 Å². The Hall–Kier alpha value is -2.51. The topological polar surface area (TPSA) is 68.3 Å². The summed E-state index contributed by atoms with van der Waals surface area (Å²) < 4.78 is 6.03. The van der Waals surface area contributed by atoms with Gasteiger partial charge in [-0.1, -0.05) is 46.3 Å². The molecule has 26 heavy (non-hydrogen) atoms. The number of aryl methyl sites for hydroxylation is 1. The zero-order valence-corrected chi connectivity index (χ0v) is 16.3. The molecule has 0 unspecified atom stereocenters. The van der Waals surface area contributed by atoms with Gasteiger partial charge in [0.1, 0.15) is 0 Å². The van der Waals surface area contributed by atoms with E-state index in [-0.39, 0.29) is 6.61 Å². The molecule has 7 heteroatoms. The minimum atomic E-state index is -0.521. The van der Waals surface area contributed by atoms with Crippen LogP contribution in [-0.2, 0) is 9.53 Å². The maximum atomic E-state index is 12.0. The van der Waals surface area contributed by atoms with Gasteiger partial charge in [0, 0.05) is 15.4 Å². The van der Waals surface area contributed by atoms with Crippen LogP contribution in [0.25, 0.3) is 11.3 Å². The van der Waals surface area contributed by atoms with Crippen LogP contribution in [0.5, 0.6) is 0 Å². The third kappa shape index (κ3) is 4.56. The van der Waals surface area contributed by atoms with Crippen LogP contribution in [0.1, 0.15) is 15.9 Å². The normalized spacial score (nSPS) is 10.4. The van der Waals surface area contributed by atoms with Crippen molar-refractivity contribution in [1.82, 2.24) is 4.98 Å².